The second kappa shape index (κ2) is 5.80. The van der Waals surface area contributed by atoms with Gasteiger partial charge in [0.15, 0.2) is 5.78 Å². The van der Waals surface area contributed by atoms with E-state index >= 15 is 0 Å². The first-order valence-electron chi connectivity index (χ1n) is 5.39. The van der Waals surface area contributed by atoms with Gasteiger partial charge in [0.25, 0.3) is 0 Å². The van der Waals surface area contributed by atoms with Crippen LogP contribution >= 0.6 is 27.5 Å². The Hall–Kier alpha value is -1.26. The summed E-state index contributed by atoms with van der Waals surface area (Å²) in [6.07, 6.45) is -0.205. The molecule has 0 atom stereocenters. The summed E-state index contributed by atoms with van der Waals surface area (Å²) in [5, 5.41) is 0.211. The number of benzene rings is 2. The number of carbonyl (C=O) groups is 1. The average Bonchev–Trinajstić information content (AvgIpc) is 2.33. The third-order valence-electron chi connectivity index (χ3n) is 2.59. The SMILES string of the molecule is O=C(Cc1cc(Br)ccc1F)c1ccc(Cl)cc1F. The smallest absolute Gasteiger partial charge is 0.170 e. The number of halogens is 4. The van der Waals surface area contributed by atoms with Crippen molar-refractivity contribution in [2.24, 2.45) is 0 Å². The highest BCUT2D eigenvalue weighted by Gasteiger charge is 2.15. The van der Waals surface area contributed by atoms with Gasteiger partial charge >= 0.3 is 0 Å². The van der Waals surface area contributed by atoms with Crippen molar-refractivity contribution in [2.75, 3.05) is 0 Å². The van der Waals surface area contributed by atoms with Crippen molar-refractivity contribution in [3.8, 4) is 0 Å². The van der Waals surface area contributed by atoms with E-state index in [2.05, 4.69) is 15.9 Å². The van der Waals surface area contributed by atoms with Crippen LogP contribution in [0, 0.1) is 11.6 Å². The van der Waals surface area contributed by atoms with Crippen molar-refractivity contribution in [1.29, 1.82) is 0 Å². The van der Waals surface area contributed by atoms with E-state index in [1.165, 1.54) is 30.3 Å². The Morgan fingerprint density at radius 2 is 1.84 bits per heavy atom. The van der Waals surface area contributed by atoms with Gasteiger partial charge in [-0.15, -0.1) is 0 Å². The summed E-state index contributed by atoms with van der Waals surface area (Å²) in [7, 11) is 0. The van der Waals surface area contributed by atoms with Gasteiger partial charge in [0.05, 0.1) is 5.56 Å². The number of hydrogen-bond acceptors (Lipinski definition) is 1. The number of carbonyl (C=O) groups excluding carboxylic acids is 1. The third kappa shape index (κ3) is 3.39. The minimum Gasteiger partial charge on any atom is -0.294 e. The molecule has 5 heteroatoms. The Bertz CT molecular complexity index is 643. The number of hydrogen-bond donors (Lipinski definition) is 0. The largest absolute Gasteiger partial charge is 0.294 e. The zero-order chi connectivity index (χ0) is 14.0. The molecule has 2 aromatic carbocycles. The summed E-state index contributed by atoms with van der Waals surface area (Å²) in [6.45, 7) is 0. The highest BCUT2D eigenvalue weighted by atomic mass is 79.9. The maximum absolute atomic E-state index is 13.6. The van der Waals surface area contributed by atoms with E-state index in [1.807, 2.05) is 0 Å². The maximum atomic E-state index is 13.6. The first kappa shape index (κ1) is 14.2. The standard InChI is InChI=1S/C14H8BrClF2O/c15-9-1-4-12(17)8(5-9)6-14(19)11-3-2-10(16)7-13(11)18/h1-5,7H,6H2. The molecule has 1 nitrogen and oxygen atoms in total. The monoisotopic (exact) mass is 344 g/mol. The van der Waals surface area contributed by atoms with E-state index in [4.69, 9.17) is 11.6 Å². The first-order valence-corrected chi connectivity index (χ1v) is 6.56. The molecule has 98 valence electrons. The van der Waals surface area contributed by atoms with Gasteiger partial charge in [-0.3, -0.25) is 4.79 Å². The predicted molar refractivity (Wildman–Crippen MR) is 73.5 cm³/mol. The molecular weight excluding hydrogens is 338 g/mol. The Kier molecular flexibility index (Phi) is 4.32. The lowest BCUT2D eigenvalue weighted by Crippen LogP contribution is -2.07. The molecule has 0 unspecified atom stereocenters. The average molecular weight is 346 g/mol. The molecule has 0 amide bonds. The van der Waals surface area contributed by atoms with Crippen LogP contribution in [0.4, 0.5) is 8.78 Å². The highest BCUT2D eigenvalue weighted by Crippen LogP contribution is 2.20. The summed E-state index contributed by atoms with van der Waals surface area (Å²) in [4.78, 5) is 11.9. The van der Waals surface area contributed by atoms with Gasteiger partial charge < -0.3 is 0 Å². The van der Waals surface area contributed by atoms with Crippen molar-refractivity contribution in [3.63, 3.8) is 0 Å². The molecule has 0 N–H and O–H groups in total. The molecule has 0 aliphatic rings. The first-order chi connectivity index (χ1) is 8.97. The van der Waals surface area contributed by atoms with Crippen LogP contribution in [-0.2, 0) is 6.42 Å². The molecule has 19 heavy (non-hydrogen) atoms. The van der Waals surface area contributed by atoms with E-state index < -0.39 is 17.4 Å². The van der Waals surface area contributed by atoms with Crippen molar-refractivity contribution in [3.05, 3.63) is 68.7 Å². The molecule has 2 rings (SSSR count). The van der Waals surface area contributed by atoms with Crippen LogP contribution in [0.5, 0.6) is 0 Å². The van der Waals surface area contributed by atoms with E-state index in [-0.39, 0.29) is 22.6 Å². The van der Waals surface area contributed by atoms with Gasteiger partial charge in [0, 0.05) is 15.9 Å². The van der Waals surface area contributed by atoms with E-state index in [0.717, 1.165) is 6.07 Å². The summed E-state index contributed by atoms with van der Waals surface area (Å²) in [6, 6.07) is 8.08. The van der Waals surface area contributed by atoms with Crippen molar-refractivity contribution < 1.29 is 13.6 Å². The number of ketones is 1. The lowest BCUT2D eigenvalue weighted by molar-refractivity contribution is 0.0988. The summed E-state index contributed by atoms with van der Waals surface area (Å²) in [5.74, 6) is -1.69. The zero-order valence-electron chi connectivity index (χ0n) is 9.59. The van der Waals surface area contributed by atoms with Crippen molar-refractivity contribution >= 4 is 33.3 Å². The molecule has 2 aromatic rings. The molecular formula is C14H8BrClF2O. The second-order valence-electron chi connectivity index (χ2n) is 3.96. The number of Topliss-reactive ketones (excluding diaryl/α,β-unsaturated/α-hetero) is 1. The van der Waals surface area contributed by atoms with Crippen LogP contribution in [0.2, 0.25) is 5.02 Å². The fraction of sp³-hybridized carbons (Fsp3) is 0.0714. The molecule has 0 bridgehead atoms. The van der Waals surface area contributed by atoms with E-state index in [9.17, 15) is 13.6 Å². The van der Waals surface area contributed by atoms with Crippen molar-refractivity contribution in [2.45, 2.75) is 6.42 Å². The van der Waals surface area contributed by atoms with Gasteiger partial charge in [0.2, 0.25) is 0 Å². The lowest BCUT2D eigenvalue weighted by Gasteiger charge is -2.05. The maximum Gasteiger partial charge on any atom is 0.170 e. The minimum absolute atomic E-state index is 0.0937. The van der Waals surface area contributed by atoms with Crippen LogP contribution in [0.25, 0.3) is 0 Å². The quantitative estimate of drug-likeness (QED) is 0.730. The molecule has 0 aliphatic carbocycles. The topological polar surface area (TPSA) is 17.1 Å². The summed E-state index contributed by atoms with van der Waals surface area (Å²) < 4.78 is 27.8. The molecule has 0 saturated carbocycles. The van der Waals surface area contributed by atoms with Crippen LogP contribution < -0.4 is 0 Å². The van der Waals surface area contributed by atoms with Crippen LogP contribution in [0.3, 0.4) is 0 Å². The molecule has 0 aliphatic heterocycles. The molecule has 0 aromatic heterocycles. The van der Waals surface area contributed by atoms with Gasteiger partial charge in [0.1, 0.15) is 11.6 Å². The van der Waals surface area contributed by atoms with Crippen LogP contribution in [-0.4, -0.2) is 5.78 Å². The Morgan fingerprint density at radius 1 is 1.11 bits per heavy atom. The summed E-state index contributed by atoms with van der Waals surface area (Å²) in [5.41, 5.74) is 0.123. The van der Waals surface area contributed by atoms with Gasteiger partial charge in [-0.05, 0) is 42.0 Å². The normalized spacial score (nSPS) is 10.5. The second-order valence-corrected chi connectivity index (χ2v) is 5.31. The molecule has 0 fully saturated rings. The third-order valence-corrected chi connectivity index (χ3v) is 3.32. The Morgan fingerprint density at radius 3 is 2.53 bits per heavy atom. The molecule has 0 radical (unpaired) electrons. The van der Waals surface area contributed by atoms with Gasteiger partial charge in [-0.2, -0.15) is 0 Å². The lowest BCUT2D eigenvalue weighted by atomic mass is 10.0. The van der Waals surface area contributed by atoms with Gasteiger partial charge in [-0.1, -0.05) is 27.5 Å². The molecule has 0 heterocycles. The zero-order valence-corrected chi connectivity index (χ0v) is 11.9. The van der Waals surface area contributed by atoms with Crippen molar-refractivity contribution in [1.82, 2.24) is 0 Å². The fourth-order valence-electron chi connectivity index (χ4n) is 1.66. The minimum atomic E-state index is -0.701. The number of rotatable bonds is 3. The predicted octanol–water partition coefficient (Wildman–Crippen LogP) is 4.81. The van der Waals surface area contributed by atoms with E-state index in [0.29, 0.717) is 4.47 Å². The Balaban J connectivity index is 2.28. The van der Waals surface area contributed by atoms with Crippen LogP contribution in [0.15, 0.2) is 40.9 Å². The van der Waals surface area contributed by atoms with Crippen LogP contribution in [0.1, 0.15) is 15.9 Å². The molecule has 0 spiro atoms. The fourth-order valence-corrected chi connectivity index (χ4v) is 2.23. The van der Waals surface area contributed by atoms with E-state index in [1.54, 1.807) is 0 Å². The molecule has 0 saturated heterocycles. The Labute approximate surface area is 122 Å². The summed E-state index contributed by atoms with van der Waals surface area (Å²) >= 11 is 8.81. The highest BCUT2D eigenvalue weighted by molar-refractivity contribution is 9.10. The van der Waals surface area contributed by atoms with Gasteiger partial charge in [-0.25, -0.2) is 8.78 Å².